The quantitative estimate of drug-likeness (QED) is 0.564. The number of allylic oxidation sites excluding steroid dienone is 2. The van der Waals surface area contributed by atoms with Crippen LogP contribution in [-0.4, -0.2) is 66.8 Å². The summed E-state index contributed by atoms with van der Waals surface area (Å²) in [6, 6.07) is 9.57. The van der Waals surface area contributed by atoms with Crippen LogP contribution in [-0.2, 0) is 4.79 Å². The Morgan fingerprint density at radius 1 is 1.14 bits per heavy atom. The third-order valence-corrected chi connectivity index (χ3v) is 8.21. The lowest BCUT2D eigenvalue weighted by atomic mass is 9.86. The molecule has 0 bridgehead atoms. The van der Waals surface area contributed by atoms with Gasteiger partial charge in [0.25, 0.3) is 0 Å². The minimum Gasteiger partial charge on any atom is -0.493 e. The Bertz CT molecular complexity index is 1070. The number of likely N-dealkylation sites (N-methyl/N-ethyl adjacent to an activating group) is 1. The van der Waals surface area contributed by atoms with E-state index in [-0.39, 0.29) is 11.8 Å². The molecule has 5 rings (SSSR count). The molecule has 0 saturated carbocycles. The summed E-state index contributed by atoms with van der Waals surface area (Å²) in [5.74, 6) is 2.95. The van der Waals surface area contributed by atoms with E-state index in [1.165, 1.54) is 11.1 Å². The number of amides is 1. The molecular weight excluding hydrogens is 466 g/mol. The number of ether oxygens (including phenoxy) is 1. The van der Waals surface area contributed by atoms with Crippen molar-refractivity contribution in [3.63, 3.8) is 0 Å². The van der Waals surface area contributed by atoms with E-state index in [1.807, 2.05) is 11.9 Å². The lowest BCUT2D eigenvalue weighted by molar-refractivity contribution is -0.134. The van der Waals surface area contributed by atoms with Crippen LogP contribution in [0.2, 0.25) is 0 Å². The Morgan fingerprint density at radius 3 is 2.54 bits per heavy atom. The van der Waals surface area contributed by atoms with Crippen LogP contribution in [0.4, 0.5) is 6.01 Å². The first-order valence-corrected chi connectivity index (χ1v) is 14.0. The largest absolute Gasteiger partial charge is 0.493 e. The van der Waals surface area contributed by atoms with Gasteiger partial charge in [0.2, 0.25) is 5.91 Å². The number of likely N-dealkylation sites (tertiary alicyclic amines) is 1. The van der Waals surface area contributed by atoms with Crippen LogP contribution < -0.4 is 15.0 Å². The normalized spacial score (nSPS) is 23.0. The predicted octanol–water partition coefficient (Wildman–Crippen LogP) is 4.49. The summed E-state index contributed by atoms with van der Waals surface area (Å²) in [5, 5.41) is 7.38. The average molecular weight is 508 g/mol. The molecule has 8 heteroatoms. The van der Waals surface area contributed by atoms with E-state index in [0.29, 0.717) is 23.9 Å². The van der Waals surface area contributed by atoms with Gasteiger partial charge >= 0.3 is 6.01 Å². The number of nitrogens with zero attached hydrogens (tertiary/aromatic N) is 4. The van der Waals surface area contributed by atoms with Gasteiger partial charge in [-0.25, -0.2) is 0 Å². The molecule has 2 aliphatic heterocycles. The van der Waals surface area contributed by atoms with Gasteiger partial charge in [-0.15, -0.1) is 0 Å². The summed E-state index contributed by atoms with van der Waals surface area (Å²) in [6.07, 6.45) is 8.17. The van der Waals surface area contributed by atoms with Crippen LogP contribution in [0.1, 0.15) is 69.7 Å². The van der Waals surface area contributed by atoms with Crippen molar-refractivity contribution >= 4 is 17.5 Å². The molecule has 1 aromatic heterocycles. The molecule has 0 spiro atoms. The Morgan fingerprint density at radius 2 is 1.92 bits per heavy atom. The molecule has 2 saturated heterocycles. The first-order valence-electron chi connectivity index (χ1n) is 14.0. The molecule has 200 valence electrons. The van der Waals surface area contributed by atoms with Crippen molar-refractivity contribution in [2.24, 2.45) is 11.8 Å². The molecule has 3 heterocycles. The molecule has 3 aliphatic rings. The minimum atomic E-state index is 0.130. The summed E-state index contributed by atoms with van der Waals surface area (Å²) in [5.41, 5.74) is 2.59. The third-order valence-electron chi connectivity index (χ3n) is 8.21. The van der Waals surface area contributed by atoms with Crippen LogP contribution in [0.15, 0.2) is 34.9 Å². The van der Waals surface area contributed by atoms with Crippen molar-refractivity contribution < 1.29 is 14.1 Å². The zero-order valence-corrected chi connectivity index (χ0v) is 22.5. The maximum absolute atomic E-state index is 12.9. The average Bonchev–Trinajstić information content (AvgIpc) is 3.63. The number of rotatable bonds is 8. The van der Waals surface area contributed by atoms with E-state index >= 15 is 0 Å². The van der Waals surface area contributed by atoms with Gasteiger partial charge in [0.15, 0.2) is 5.82 Å². The Labute approximate surface area is 220 Å². The van der Waals surface area contributed by atoms with E-state index in [4.69, 9.17) is 9.26 Å². The molecular formula is C29H41N5O3. The second kappa shape index (κ2) is 11.7. The third kappa shape index (κ3) is 6.17. The lowest BCUT2D eigenvalue weighted by Crippen LogP contribution is -2.37. The standard InChI is InChI=1S/C29H41N5O3/c1-20(2)27-31-29(37-32-27)33-15-12-21(13-16-33)19-36-26-10-8-23(9-11-26)22-4-6-24(7-5-22)28(35)34-17-14-25(18-34)30-3/h4,8-11,20-21,24-25,30H,5-7,12-19H2,1-3H3. The number of carbonyl (C=O) groups is 1. The highest BCUT2D eigenvalue weighted by Crippen LogP contribution is 2.33. The number of nitrogens with one attached hydrogen (secondary N) is 1. The molecule has 1 aromatic carbocycles. The van der Waals surface area contributed by atoms with Crippen molar-refractivity contribution in [2.75, 3.05) is 44.7 Å². The van der Waals surface area contributed by atoms with E-state index in [2.05, 4.69) is 64.5 Å². The highest BCUT2D eigenvalue weighted by atomic mass is 16.5. The molecule has 1 amide bonds. The molecule has 2 aromatic rings. The van der Waals surface area contributed by atoms with Crippen molar-refractivity contribution in [1.29, 1.82) is 0 Å². The van der Waals surface area contributed by atoms with Gasteiger partial charge in [-0.3, -0.25) is 4.79 Å². The zero-order valence-electron chi connectivity index (χ0n) is 22.5. The van der Waals surface area contributed by atoms with Crippen molar-refractivity contribution in [3.8, 4) is 5.75 Å². The fourth-order valence-electron chi connectivity index (χ4n) is 5.63. The highest BCUT2D eigenvalue weighted by molar-refractivity contribution is 5.81. The maximum Gasteiger partial charge on any atom is 0.324 e. The van der Waals surface area contributed by atoms with Gasteiger partial charge in [-0.05, 0) is 74.8 Å². The van der Waals surface area contributed by atoms with Crippen molar-refractivity contribution in [2.45, 2.75) is 64.3 Å². The monoisotopic (exact) mass is 507 g/mol. The zero-order chi connectivity index (χ0) is 25.8. The Balaban J connectivity index is 1.06. The first kappa shape index (κ1) is 25.8. The van der Waals surface area contributed by atoms with E-state index in [9.17, 15) is 4.79 Å². The van der Waals surface area contributed by atoms with Crippen LogP contribution in [0.3, 0.4) is 0 Å². The van der Waals surface area contributed by atoms with Crippen LogP contribution >= 0.6 is 0 Å². The smallest absolute Gasteiger partial charge is 0.324 e. The van der Waals surface area contributed by atoms with E-state index in [0.717, 1.165) is 82.9 Å². The van der Waals surface area contributed by atoms with Crippen molar-refractivity contribution in [3.05, 3.63) is 41.7 Å². The number of anilines is 1. The van der Waals surface area contributed by atoms with Crippen LogP contribution in [0, 0.1) is 11.8 Å². The van der Waals surface area contributed by atoms with Crippen LogP contribution in [0.5, 0.6) is 5.75 Å². The predicted molar refractivity (Wildman–Crippen MR) is 145 cm³/mol. The van der Waals surface area contributed by atoms with Gasteiger partial charge in [-0.2, -0.15) is 4.98 Å². The molecule has 2 atom stereocenters. The number of hydrogen-bond donors (Lipinski definition) is 1. The molecule has 2 unspecified atom stereocenters. The lowest BCUT2D eigenvalue weighted by Gasteiger charge is -2.30. The summed E-state index contributed by atoms with van der Waals surface area (Å²) >= 11 is 0. The summed E-state index contributed by atoms with van der Waals surface area (Å²) in [6.45, 7) is 8.44. The van der Waals surface area contributed by atoms with E-state index in [1.54, 1.807) is 0 Å². The second-order valence-electron chi connectivity index (χ2n) is 11.1. The maximum atomic E-state index is 12.9. The number of aromatic nitrogens is 2. The van der Waals surface area contributed by atoms with Gasteiger partial charge in [0.1, 0.15) is 5.75 Å². The molecule has 1 aliphatic carbocycles. The number of hydrogen-bond acceptors (Lipinski definition) is 7. The Kier molecular flexibility index (Phi) is 8.13. The molecule has 37 heavy (non-hydrogen) atoms. The fourth-order valence-corrected chi connectivity index (χ4v) is 5.63. The van der Waals surface area contributed by atoms with Gasteiger partial charge in [-0.1, -0.05) is 37.2 Å². The molecule has 1 N–H and O–H groups in total. The second-order valence-corrected chi connectivity index (χ2v) is 11.1. The molecule has 0 radical (unpaired) electrons. The number of benzene rings is 1. The Hall–Kier alpha value is -2.87. The minimum absolute atomic E-state index is 0.130. The van der Waals surface area contributed by atoms with Crippen molar-refractivity contribution in [1.82, 2.24) is 20.4 Å². The summed E-state index contributed by atoms with van der Waals surface area (Å²) in [4.78, 5) is 21.7. The number of carbonyl (C=O) groups excluding carboxylic acids is 1. The molecule has 8 nitrogen and oxygen atoms in total. The van der Waals surface area contributed by atoms with Gasteiger partial charge in [0.05, 0.1) is 6.61 Å². The number of piperidine rings is 1. The summed E-state index contributed by atoms with van der Waals surface area (Å²) < 4.78 is 11.6. The first-order chi connectivity index (χ1) is 18.0. The highest BCUT2D eigenvalue weighted by Gasteiger charge is 2.31. The van der Waals surface area contributed by atoms with E-state index < -0.39 is 0 Å². The molecule has 2 fully saturated rings. The fraction of sp³-hybridized carbons (Fsp3) is 0.621. The summed E-state index contributed by atoms with van der Waals surface area (Å²) in [7, 11) is 1.98. The van der Waals surface area contributed by atoms with Crippen LogP contribution in [0.25, 0.3) is 5.57 Å². The van der Waals surface area contributed by atoms with Gasteiger partial charge < -0.3 is 24.4 Å². The van der Waals surface area contributed by atoms with Gasteiger partial charge in [0, 0.05) is 44.1 Å². The SMILES string of the molecule is CNC1CCN(C(=O)C2CC=C(c3ccc(OCC4CCN(c5nc(C(C)C)no5)CC4)cc3)CC2)C1. The topological polar surface area (TPSA) is 83.7 Å².